The Hall–Kier alpha value is -0.130. The van der Waals surface area contributed by atoms with E-state index in [0.717, 1.165) is 6.42 Å². The summed E-state index contributed by atoms with van der Waals surface area (Å²) < 4.78 is 25.6. The van der Waals surface area contributed by atoms with Crippen molar-refractivity contribution < 1.29 is 8.42 Å². The van der Waals surface area contributed by atoms with Crippen molar-refractivity contribution in [3.63, 3.8) is 0 Å². The maximum absolute atomic E-state index is 12.0. The molecule has 15 heavy (non-hydrogen) atoms. The minimum absolute atomic E-state index is 0.0918. The molecule has 1 heterocycles. The van der Waals surface area contributed by atoms with Crippen LogP contribution in [0.1, 0.15) is 34.1 Å². The number of rotatable bonds is 2. The van der Waals surface area contributed by atoms with Crippen molar-refractivity contribution in [1.29, 1.82) is 0 Å². The molecule has 0 spiro atoms. The van der Waals surface area contributed by atoms with E-state index in [1.54, 1.807) is 4.31 Å². The van der Waals surface area contributed by atoms with E-state index < -0.39 is 10.0 Å². The Labute approximate surface area is 93.1 Å². The monoisotopic (exact) mass is 234 g/mol. The second kappa shape index (κ2) is 4.39. The van der Waals surface area contributed by atoms with Gasteiger partial charge >= 0.3 is 0 Å². The van der Waals surface area contributed by atoms with Gasteiger partial charge in [-0.15, -0.1) is 0 Å². The zero-order valence-electron chi connectivity index (χ0n) is 10.1. The summed E-state index contributed by atoms with van der Waals surface area (Å²) in [4.78, 5) is 0. The lowest BCUT2D eigenvalue weighted by atomic mass is 10.1. The average Bonchev–Trinajstić information content (AvgIpc) is 2.21. The number of sulfonamides is 1. The van der Waals surface area contributed by atoms with E-state index in [1.807, 2.05) is 27.7 Å². The van der Waals surface area contributed by atoms with E-state index in [1.165, 1.54) is 0 Å². The normalized spacial score (nSPS) is 28.3. The van der Waals surface area contributed by atoms with E-state index in [9.17, 15) is 8.42 Å². The van der Waals surface area contributed by atoms with Gasteiger partial charge in [-0.2, -0.15) is 4.31 Å². The Morgan fingerprint density at radius 1 is 1.47 bits per heavy atom. The van der Waals surface area contributed by atoms with Crippen molar-refractivity contribution in [2.75, 3.05) is 18.8 Å². The molecular formula is C10H22N2O2S. The van der Waals surface area contributed by atoms with Gasteiger partial charge in [0.2, 0.25) is 10.0 Å². The van der Waals surface area contributed by atoms with Gasteiger partial charge in [-0.3, -0.25) is 0 Å². The second-order valence-electron chi connectivity index (χ2n) is 4.93. The molecule has 0 radical (unpaired) electrons. The van der Waals surface area contributed by atoms with Gasteiger partial charge in [-0.25, -0.2) is 8.42 Å². The zero-order chi connectivity index (χ0) is 11.7. The Bertz CT molecular complexity index is 311. The third-order valence-corrected chi connectivity index (χ3v) is 4.88. The van der Waals surface area contributed by atoms with Crippen LogP contribution in [0.15, 0.2) is 0 Å². The molecule has 0 aromatic heterocycles. The average molecular weight is 234 g/mol. The number of nitrogens with one attached hydrogen (secondary N) is 1. The van der Waals surface area contributed by atoms with E-state index in [4.69, 9.17) is 0 Å². The minimum atomic E-state index is -3.07. The molecule has 0 aromatic carbocycles. The molecule has 1 unspecified atom stereocenters. The van der Waals surface area contributed by atoms with Crippen LogP contribution in [0.25, 0.3) is 0 Å². The molecule has 5 heteroatoms. The highest BCUT2D eigenvalue weighted by molar-refractivity contribution is 7.89. The highest BCUT2D eigenvalue weighted by atomic mass is 32.2. The molecule has 1 N–H and O–H groups in total. The third kappa shape index (κ3) is 3.16. The van der Waals surface area contributed by atoms with Crippen molar-refractivity contribution >= 4 is 10.0 Å². The lowest BCUT2D eigenvalue weighted by Crippen LogP contribution is -2.49. The number of hydrogen-bond acceptors (Lipinski definition) is 3. The quantitative estimate of drug-likeness (QED) is 0.769. The van der Waals surface area contributed by atoms with Crippen LogP contribution >= 0.6 is 0 Å². The van der Waals surface area contributed by atoms with Crippen LogP contribution in [0.3, 0.4) is 0 Å². The molecule has 90 valence electrons. The first-order chi connectivity index (χ1) is 6.78. The van der Waals surface area contributed by atoms with Gasteiger partial charge in [0.15, 0.2) is 0 Å². The Morgan fingerprint density at radius 2 is 2.07 bits per heavy atom. The summed E-state index contributed by atoms with van der Waals surface area (Å²) >= 11 is 0. The van der Waals surface area contributed by atoms with Gasteiger partial charge in [-0.1, -0.05) is 6.92 Å². The summed E-state index contributed by atoms with van der Waals surface area (Å²) in [6.07, 6.45) is 0.856. The van der Waals surface area contributed by atoms with Crippen molar-refractivity contribution in [3.05, 3.63) is 0 Å². The summed E-state index contributed by atoms with van der Waals surface area (Å²) in [5.74, 6) is 0.209. The smallest absolute Gasteiger partial charge is 0.215 e. The van der Waals surface area contributed by atoms with Crippen molar-refractivity contribution in [2.45, 2.75) is 45.7 Å². The summed E-state index contributed by atoms with van der Waals surface area (Å²) in [5, 5.41) is 3.26. The Balaban J connectivity index is 2.95. The molecule has 1 saturated heterocycles. The fourth-order valence-electron chi connectivity index (χ4n) is 1.81. The van der Waals surface area contributed by atoms with Gasteiger partial charge in [0.05, 0.1) is 5.75 Å². The van der Waals surface area contributed by atoms with Crippen LogP contribution in [-0.4, -0.2) is 43.1 Å². The van der Waals surface area contributed by atoms with E-state index >= 15 is 0 Å². The topological polar surface area (TPSA) is 49.4 Å². The summed E-state index contributed by atoms with van der Waals surface area (Å²) in [5.41, 5.74) is -0.132. The van der Waals surface area contributed by atoms with E-state index in [-0.39, 0.29) is 17.3 Å². The maximum atomic E-state index is 12.0. The van der Waals surface area contributed by atoms with Crippen LogP contribution in [-0.2, 0) is 10.0 Å². The molecule has 0 aromatic rings. The molecule has 1 rings (SSSR count). The van der Waals surface area contributed by atoms with Gasteiger partial charge < -0.3 is 5.32 Å². The SMILES string of the molecule is CCC(C)N1CC(C)(C)NCCS1(=O)=O. The summed E-state index contributed by atoms with van der Waals surface area (Å²) in [6, 6.07) is 0.0918. The lowest BCUT2D eigenvalue weighted by molar-refractivity contribution is 0.259. The van der Waals surface area contributed by atoms with Gasteiger partial charge in [-0.05, 0) is 27.2 Å². The standard InChI is InChI=1S/C10H22N2O2S/c1-5-9(2)12-8-10(3,4)11-6-7-15(12,13)14/h9,11H,5-8H2,1-4H3. The molecule has 1 aliphatic rings. The molecular weight excluding hydrogens is 212 g/mol. The maximum Gasteiger partial charge on any atom is 0.215 e. The number of hydrogen-bond donors (Lipinski definition) is 1. The summed E-state index contributed by atoms with van der Waals surface area (Å²) in [6.45, 7) is 9.18. The summed E-state index contributed by atoms with van der Waals surface area (Å²) in [7, 11) is -3.07. The van der Waals surface area contributed by atoms with Crippen molar-refractivity contribution in [3.8, 4) is 0 Å². The molecule has 1 fully saturated rings. The van der Waals surface area contributed by atoms with Crippen LogP contribution in [0, 0.1) is 0 Å². The van der Waals surface area contributed by atoms with Crippen molar-refractivity contribution in [2.24, 2.45) is 0 Å². The first kappa shape index (κ1) is 12.9. The molecule has 1 aliphatic heterocycles. The number of nitrogens with zero attached hydrogens (tertiary/aromatic N) is 1. The zero-order valence-corrected chi connectivity index (χ0v) is 10.9. The second-order valence-corrected chi connectivity index (χ2v) is 6.97. The van der Waals surface area contributed by atoms with Gasteiger partial charge in [0, 0.05) is 24.7 Å². The molecule has 0 amide bonds. The molecule has 0 saturated carbocycles. The van der Waals surface area contributed by atoms with E-state index in [0.29, 0.717) is 13.1 Å². The predicted molar refractivity (Wildman–Crippen MR) is 62.3 cm³/mol. The van der Waals surface area contributed by atoms with Crippen molar-refractivity contribution in [1.82, 2.24) is 9.62 Å². The third-order valence-electron chi connectivity index (χ3n) is 2.95. The van der Waals surface area contributed by atoms with Crippen LogP contribution in [0.5, 0.6) is 0 Å². The van der Waals surface area contributed by atoms with Crippen LogP contribution in [0.2, 0.25) is 0 Å². The first-order valence-corrected chi connectivity index (χ1v) is 7.14. The fourth-order valence-corrected chi connectivity index (χ4v) is 3.62. The highest BCUT2D eigenvalue weighted by Crippen LogP contribution is 2.18. The van der Waals surface area contributed by atoms with E-state index in [2.05, 4.69) is 5.32 Å². The molecule has 0 bridgehead atoms. The first-order valence-electron chi connectivity index (χ1n) is 5.53. The molecule has 4 nitrogen and oxygen atoms in total. The molecule has 1 atom stereocenters. The minimum Gasteiger partial charge on any atom is -0.309 e. The lowest BCUT2D eigenvalue weighted by Gasteiger charge is -2.32. The van der Waals surface area contributed by atoms with Crippen LogP contribution in [0.4, 0.5) is 0 Å². The van der Waals surface area contributed by atoms with Gasteiger partial charge in [0.25, 0.3) is 0 Å². The highest BCUT2D eigenvalue weighted by Gasteiger charge is 2.34. The molecule has 0 aliphatic carbocycles. The van der Waals surface area contributed by atoms with Gasteiger partial charge in [0.1, 0.15) is 0 Å². The largest absolute Gasteiger partial charge is 0.309 e. The Kier molecular flexibility index (Phi) is 3.79. The van der Waals surface area contributed by atoms with Crippen LogP contribution < -0.4 is 5.32 Å². The predicted octanol–water partition coefficient (Wildman–Crippen LogP) is 0.798. The Morgan fingerprint density at radius 3 is 2.60 bits per heavy atom. The fraction of sp³-hybridized carbons (Fsp3) is 1.00.